The van der Waals surface area contributed by atoms with Gasteiger partial charge in [-0.25, -0.2) is 0 Å². The van der Waals surface area contributed by atoms with Gasteiger partial charge < -0.3 is 20.3 Å². The molecule has 2 amide bonds. The number of quaternary nitrogens is 1. The molecule has 2 heterocycles. The van der Waals surface area contributed by atoms with Crippen molar-refractivity contribution < 1.29 is 19.2 Å². The Labute approximate surface area is 181 Å². The molecule has 0 radical (unpaired) electrons. The van der Waals surface area contributed by atoms with Crippen LogP contribution in [0.1, 0.15) is 50.4 Å². The molecule has 0 unspecified atom stereocenters. The summed E-state index contributed by atoms with van der Waals surface area (Å²) in [7, 11) is 0. The summed E-state index contributed by atoms with van der Waals surface area (Å²) in [6, 6.07) is 9.15. The van der Waals surface area contributed by atoms with E-state index in [4.69, 9.17) is 4.74 Å². The highest BCUT2D eigenvalue weighted by Crippen LogP contribution is 2.38. The van der Waals surface area contributed by atoms with E-state index in [1.165, 1.54) is 4.88 Å². The topological polar surface area (TPSA) is 71.9 Å². The van der Waals surface area contributed by atoms with Gasteiger partial charge in [0.15, 0.2) is 0 Å². The molecular formula is C23H30N3O3S+. The molecule has 1 aliphatic heterocycles. The number of carbonyl (C=O) groups is 2. The van der Waals surface area contributed by atoms with Gasteiger partial charge in [0.05, 0.1) is 25.3 Å². The van der Waals surface area contributed by atoms with E-state index in [9.17, 15) is 9.59 Å². The van der Waals surface area contributed by atoms with E-state index in [0.29, 0.717) is 22.7 Å². The maximum atomic E-state index is 13.1. The fraction of sp³-hybridized carbons (Fsp3) is 0.478. The van der Waals surface area contributed by atoms with Gasteiger partial charge in [0.1, 0.15) is 18.1 Å². The van der Waals surface area contributed by atoms with E-state index >= 15 is 0 Å². The molecule has 1 aromatic carbocycles. The zero-order valence-electron chi connectivity index (χ0n) is 17.3. The standard InChI is InChI=1S/C23H29N3O3S/c27-21(17-7-2-1-3-8-17)25-23-20(18-9-4-5-10-19(18)30-23)22(28)24-11-6-12-26-13-15-29-16-14-26/h1-3,7-8H,4-6,9-16H2,(H,24,28)(H,25,27)/p+1. The van der Waals surface area contributed by atoms with Crippen LogP contribution in [0, 0.1) is 0 Å². The lowest BCUT2D eigenvalue weighted by Crippen LogP contribution is -3.14. The summed E-state index contributed by atoms with van der Waals surface area (Å²) in [5.41, 5.74) is 2.41. The average molecular weight is 429 g/mol. The van der Waals surface area contributed by atoms with E-state index in [-0.39, 0.29) is 11.8 Å². The van der Waals surface area contributed by atoms with E-state index in [0.717, 1.165) is 70.5 Å². The number of hydrogen-bond acceptors (Lipinski definition) is 4. The third-order valence-electron chi connectivity index (χ3n) is 5.85. The van der Waals surface area contributed by atoms with Crippen molar-refractivity contribution in [1.82, 2.24) is 5.32 Å². The van der Waals surface area contributed by atoms with Crippen LogP contribution in [-0.2, 0) is 17.6 Å². The molecule has 1 aliphatic carbocycles. The summed E-state index contributed by atoms with van der Waals surface area (Å²) in [5, 5.41) is 6.79. The number of rotatable bonds is 7. The van der Waals surface area contributed by atoms with E-state index in [1.54, 1.807) is 28.4 Å². The Morgan fingerprint density at radius 1 is 1.03 bits per heavy atom. The highest BCUT2D eigenvalue weighted by molar-refractivity contribution is 7.17. The van der Waals surface area contributed by atoms with Gasteiger partial charge in [-0.15, -0.1) is 11.3 Å². The highest BCUT2D eigenvalue weighted by atomic mass is 32.1. The smallest absolute Gasteiger partial charge is 0.256 e. The molecule has 1 aromatic heterocycles. The van der Waals surface area contributed by atoms with Crippen LogP contribution in [0.3, 0.4) is 0 Å². The molecule has 1 saturated heterocycles. The van der Waals surface area contributed by atoms with Crippen LogP contribution in [0.5, 0.6) is 0 Å². The van der Waals surface area contributed by atoms with E-state index in [2.05, 4.69) is 10.6 Å². The lowest BCUT2D eigenvalue weighted by atomic mass is 9.95. The lowest BCUT2D eigenvalue weighted by Gasteiger charge is -2.23. The van der Waals surface area contributed by atoms with Gasteiger partial charge in [-0.1, -0.05) is 18.2 Å². The van der Waals surface area contributed by atoms with Crippen LogP contribution in [0.2, 0.25) is 0 Å². The van der Waals surface area contributed by atoms with Gasteiger partial charge in [0.2, 0.25) is 0 Å². The van der Waals surface area contributed by atoms with Crippen molar-refractivity contribution in [2.75, 3.05) is 44.7 Å². The molecule has 0 bridgehead atoms. The second-order valence-electron chi connectivity index (χ2n) is 7.96. The van der Waals surface area contributed by atoms with Crippen LogP contribution in [-0.4, -0.2) is 51.2 Å². The number of fused-ring (bicyclic) bond motifs is 1. The van der Waals surface area contributed by atoms with Crippen LogP contribution in [0.25, 0.3) is 0 Å². The number of aryl methyl sites for hydroxylation is 1. The summed E-state index contributed by atoms with van der Waals surface area (Å²) in [6.07, 6.45) is 5.08. The van der Waals surface area contributed by atoms with Crippen LogP contribution >= 0.6 is 11.3 Å². The fourth-order valence-corrected chi connectivity index (χ4v) is 5.48. The third-order valence-corrected chi connectivity index (χ3v) is 7.06. The normalized spacial score (nSPS) is 16.7. The van der Waals surface area contributed by atoms with Crippen molar-refractivity contribution in [3.05, 3.63) is 51.9 Å². The zero-order chi connectivity index (χ0) is 20.8. The summed E-state index contributed by atoms with van der Waals surface area (Å²) in [4.78, 5) is 28.6. The number of benzene rings is 1. The first-order valence-electron chi connectivity index (χ1n) is 10.9. The van der Waals surface area contributed by atoms with Crippen molar-refractivity contribution in [3.63, 3.8) is 0 Å². The van der Waals surface area contributed by atoms with Crippen LogP contribution < -0.4 is 15.5 Å². The minimum absolute atomic E-state index is 0.0604. The molecule has 2 aliphatic rings. The predicted octanol–water partition coefficient (Wildman–Crippen LogP) is 1.91. The number of ether oxygens (including phenoxy) is 1. The SMILES string of the molecule is O=C(Nc1sc2c(c1C(=O)NCCC[NH+]1CCOCC1)CCCC2)c1ccccc1. The largest absolute Gasteiger partial charge is 0.370 e. The minimum atomic E-state index is -0.167. The molecule has 0 atom stereocenters. The molecule has 6 nitrogen and oxygen atoms in total. The van der Waals surface area contributed by atoms with Crippen molar-refractivity contribution in [2.45, 2.75) is 32.1 Å². The highest BCUT2D eigenvalue weighted by Gasteiger charge is 2.26. The van der Waals surface area contributed by atoms with E-state index < -0.39 is 0 Å². The van der Waals surface area contributed by atoms with Gasteiger partial charge in [-0.2, -0.15) is 0 Å². The predicted molar refractivity (Wildman–Crippen MR) is 119 cm³/mol. The maximum Gasteiger partial charge on any atom is 0.256 e. The molecular weight excluding hydrogens is 398 g/mol. The minimum Gasteiger partial charge on any atom is -0.370 e. The van der Waals surface area contributed by atoms with Gasteiger partial charge >= 0.3 is 0 Å². The fourth-order valence-electron chi connectivity index (χ4n) is 4.20. The first-order valence-corrected chi connectivity index (χ1v) is 11.7. The molecule has 160 valence electrons. The van der Waals surface area contributed by atoms with Crippen LogP contribution in [0.15, 0.2) is 30.3 Å². The quantitative estimate of drug-likeness (QED) is 0.590. The van der Waals surface area contributed by atoms with Gasteiger partial charge in [-0.3, -0.25) is 9.59 Å². The van der Waals surface area contributed by atoms with Crippen molar-refractivity contribution in [2.24, 2.45) is 0 Å². The van der Waals surface area contributed by atoms with Crippen molar-refractivity contribution in [3.8, 4) is 0 Å². The van der Waals surface area contributed by atoms with Crippen molar-refractivity contribution >= 4 is 28.2 Å². The first-order chi connectivity index (χ1) is 14.7. The molecule has 7 heteroatoms. The second kappa shape index (κ2) is 10.2. The molecule has 2 aromatic rings. The summed E-state index contributed by atoms with van der Waals surface area (Å²) in [6.45, 7) is 5.44. The molecule has 30 heavy (non-hydrogen) atoms. The lowest BCUT2D eigenvalue weighted by molar-refractivity contribution is -0.908. The number of nitrogens with one attached hydrogen (secondary N) is 3. The Bertz CT molecular complexity index is 875. The summed E-state index contributed by atoms with van der Waals surface area (Å²) in [5.74, 6) is -0.228. The monoisotopic (exact) mass is 428 g/mol. The summed E-state index contributed by atoms with van der Waals surface area (Å²) >= 11 is 1.56. The molecule has 4 rings (SSSR count). The number of thiophene rings is 1. The van der Waals surface area contributed by atoms with Gasteiger partial charge in [-0.05, 0) is 43.4 Å². The van der Waals surface area contributed by atoms with Crippen molar-refractivity contribution in [1.29, 1.82) is 0 Å². The van der Waals surface area contributed by atoms with Gasteiger partial charge in [0.25, 0.3) is 11.8 Å². The number of morpholine rings is 1. The first kappa shape index (κ1) is 21.0. The Morgan fingerprint density at radius 2 is 1.80 bits per heavy atom. The summed E-state index contributed by atoms with van der Waals surface area (Å²) < 4.78 is 5.40. The second-order valence-corrected chi connectivity index (χ2v) is 9.06. The molecule has 3 N–H and O–H groups in total. The Hall–Kier alpha value is -2.22. The average Bonchev–Trinajstić information content (AvgIpc) is 3.15. The molecule has 0 spiro atoms. The number of amides is 2. The maximum absolute atomic E-state index is 13.1. The molecule has 0 saturated carbocycles. The van der Waals surface area contributed by atoms with Crippen LogP contribution in [0.4, 0.5) is 5.00 Å². The zero-order valence-corrected chi connectivity index (χ0v) is 18.1. The number of carbonyl (C=O) groups excluding carboxylic acids is 2. The Kier molecular flexibility index (Phi) is 7.15. The Balaban J connectivity index is 1.42. The van der Waals surface area contributed by atoms with Gasteiger partial charge in [0, 0.05) is 23.4 Å². The van der Waals surface area contributed by atoms with E-state index in [1.807, 2.05) is 18.2 Å². The Morgan fingerprint density at radius 3 is 2.60 bits per heavy atom. The number of hydrogen-bond donors (Lipinski definition) is 3. The number of anilines is 1. The molecule has 1 fully saturated rings. The third kappa shape index (κ3) is 5.09.